The lowest BCUT2D eigenvalue weighted by Gasteiger charge is -2.39. The van der Waals surface area contributed by atoms with E-state index in [1.807, 2.05) is 30.3 Å². The van der Waals surface area contributed by atoms with Gasteiger partial charge in [-0.2, -0.15) is 5.26 Å². The number of halogens is 2. The molecule has 0 amide bonds. The topological polar surface area (TPSA) is 49.1 Å². The van der Waals surface area contributed by atoms with E-state index >= 15 is 0 Å². The normalized spacial score (nSPS) is 21.0. The van der Waals surface area contributed by atoms with Gasteiger partial charge in [0.1, 0.15) is 18.0 Å². The van der Waals surface area contributed by atoms with Gasteiger partial charge in [-0.15, -0.1) is 0 Å². The summed E-state index contributed by atoms with van der Waals surface area (Å²) in [5.41, 5.74) is 1.48. The van der Waals surface area contributed by atoms with Crippen LogP contribution in [0.2, 0.25) is 10.0 Å². The first-order chi connectivity index (χ1) is 11.1. The molecule has 1 saturated heterocycles. The summed E-state index contributed by atoms with van der Waals surface area (Å²) in [7, 11) is 0. The lowest BCUT2D eigenvalue weighted by atomic mass is 10.1. The summed E-state index contributed by atoms with van der Waals surface area (Å²) in [5.74, 6) is 0.675. The van der Waals surface area contributed by atoms with Crippen LogP contribution in [0.4, 0.5) is 5.82 Å². The number of anilines is 1. The number of nitriles is 1. The van der Waals surface area contributed by atoms with Crippen LogP contribution in [0.5, 0.6) is 0 Å². The van der Waals surface area contributed by atoms with Crippen LogP contribution >= 0.6 is 23.2 Å². The summed E-state index contributed by atoms with van der Waals surface area (Å²) in [6.45, 7) is 3.25. The third-order valence-corrected chi connectivity index (χ3v) is 4.39. The molecule has 0 radical (unpaired) electrons. The number of ether oxygens (including phenoxy) is 1. The largest absolute Gasteiger partial charge is 0.370 e. The van der Waals surface area contributed by atoms with Gasteiger partial charge in [-0.3, -0.25) is 0 Å². The highest BCUT2D eigenvalue weighted by Gasteiger charge is 2.29. The number of morpholine rings is 1. The number of nitrogens with zero attached hydrogens (tertiary/aromatic N) is 3. The number of hydrogen-bond acceptors (Lipinski definition) is 4. The van der Waals surface area contributed by atoms with Crippen molar-refractivity contribution in [2.24, 2.45) is 0 Å². The second-order valence-electron chi connectivity index (χ2n) is 5.52. The number of benzene rings is 1. The Bertz CT molecular complexity index is 760. The average molecular weight is 348 g/mol. The molecule has 6 heteroatoms. The second-order valence-corrected chi connectivity index (χ2v) is 6.36. The number of aromatic nitrogens is 1. The predicted octanol–water partition coefficient (Wildman–Crippen LogP) is 4.23. The molecule has 1 fully saturated rings. The predicted molar refractivity (Wildman–Crippen MR) is 90.9 cm³/mol. The van der Waals surface area contributed by atoms with E-state index in [-0.39, 0.29) is 12.1 Å². The first-order valence-electron chi connectivity index (χ1n) is 7.28. The van der Waals surface area contributed by atoms with Crippen LogP contribution in [0.25, 0.3) is 0 Å². The fraction of sp³-hybridized carbons (Fsp3) is 0.294. The van der Waals surface area contributed by atoms with E-state index in [9.17, 15) is 0 Å². The van der Waals surface area contributed by atoms with Crippen molar-refractivity contribution >= 4 is 29.0 Å². The van der Waals surface area contributed by atoms with Crippen LogP contribution in [0.3, 0.4) is 0 Å². The van der Waals surface area contributed by atoms with Crippen molar-refractivity contribution in [3.05, 3.63) is 57.7 Å². The van der Waals surface area contributed by atoms with Gasteiger partial charge in [0, 0.05) is 11.2 Å². The van der Waals surface area contributed by atoms with Gasteiger partial charge >= 0.3 is 0 Å². The SMILES string of the molecule is CC1COC(c2cccc(Cl)c2)CN1c1ncc(C#N)cc1Cl. The van der Waals surface area contributed by atoms with E-state index in [1.165, 1.54) is 6.20 Å². The Balaban J connectivity index is 1.88. The van der Waals surface area contributed by atoms with Crippen molar-refractivity contribution in [3.63, 3.8) is 0 Å². The molecule has 0 saturated carbocycles. The van der Waals surface area contributed by atoms with Crippen molar-refractivity contribution < 1.29 is 4.74 Å². The van der Waals surface area contributed by atoms with Gasteiger partial charge in [-0.25, -0.2) is 4.98 Å². The molecule has 1 aliphatic rings. The van der Waals surface area contributed by atoms with Gasteiger partial charge in [-0.1, -0.05) is 35.3 Å². The van der Waals surface area contributed by atoms with E-state index in [4.69, 9.17) is 33.2 Å². The summed E-state index contributed by atoms with van der Waals surface area (Å²) in [6.07, 6.45) is 1.44. The smallest absolute Gasteiger partial charge is 0.147 e. The van der Waals surface area contributed by atoms with Gasteiger partial charge < -0.3 is 9.64 Å². The third kappa shape index (κ3) is 3.42. The Hall–Kier alpha value is -1.80. The molecule has 118 valence electrons. The molecular weight excluding hydrogens is 333 g/mol. The quantitative estimate of drug-likeness (QED) is 0.815. The molecule has 2 unspecified atom stereocenters. The van der Waals surface area contributed by atoms with Gasteiger partial charge in [-0.05, 0) is 30.7 Å². The maximum absolute atomic E-state index is 8.94. The molecule has 4 nitrogen and oxygen atoms in total. The number of pyridine rings is 1. The van der Waals surface area contributed by atoms with Crippen LogP contribution in [0.15, 0.2) is 36.5 Å². The minimum Gasteiger partial charge on any atom is -0.370 e. The van der Waals surface area contributed by atoms with Crippen LogP contribution in [-0.2, 0) is 4.74 Å². The highest BCUT2D eigenvalue weighted by atomic mass is 35.5. The molecule has 0 N–H and O–H groups in total. The Morgan fingerprint density at radius 3 is 2.87 bits per heavy atom. The lowest BCUT2D eigenvalue weighted by Crippen LogP contribution is -2.45. The van der Waals surface area contributed by atoms with E-state index in [0.29, 0.717) is 34.6 Å². The zero-order valence-corrected chi connectivity index (χ0v) is 14.1. The van der Waals surface area contributed by atoms with Crippen LogP contribution in [-0.4, -0.2) is 24.2 Å². The highest BCUT2D eigenvalue weighted by molar-refractivity contribution is 6.33. The zero-order valence-electron chi connectivity index (χ0n) is 12.5. The first-order valence-corrected chi connectivity index (χ1v) is 8.03. The van der Waals surface area contributed by atoms with Gasteiger partial charge in [0.25, 0.3) is 0 Å². The zero-order chi connectivity index (χ0) is 16.4. The fourth-order valence-corrected chi connectivity index (χ4v) is 3.14. The lowest BCUT2D eigenvalue weighted by molar-refractivity contribution is 0.0212. The summed E-state index contributed by atoms with van der Waals surface area (Å²) >= 11 is 12.4. The second kappa shape index (κ2) is 6.76. The Morgan fingerprint density at radius 1 is 1.35 bits per heavy atom. The molecule has 1 aromatic heterocycles. The van der Waals surface area contributed by atoms with Crippen molar-refractivity contribution in [2.75, 3.05) is 18.1 Å². The third-order valence-electron chi connectivity index (χ3n) is 3.88. The maximum atomic E-state index is 8.94. The van der Waals surface area contributed by atoms with Crippen molar-refractivity contribution in [2.45, 2.75) is 19.1 Å². The number of rotatable bonds is 2. The van der Waals surface area contributed by atoms with E-state index < -0.39 is 0 Å². The number of hydrogen-bond donors (Lipinski definition) is 0. The molecule has 1 aromatic carbocycles. The molecule has 2 atom stereocenters. The monoisotopic (exact) mass is 347 g/mol. The molecule has 23 heavy (non-hydrogen) atoms. The first kappa shape index (κ1) is 16.1. The fourth-order valence-electron chi connectivity index (χ4n) is 2.66. The van der Waals surface area contributed by atoms with Gasteiger partial charge in [0.2, 0.25) is 0 Å². The Labute approximate surface area is 145 Å². The minimum absolute atomic E-state index is 0.0987. The average Bonchev–Trinajstić information content (AvgIpc) is 2.55. The van der Waals surface area contributed by atoms with Crippen LogP contribution in [0, 0.1) is 11.3 Å². The molecule has 2 aromatic rings. The van der Waals surface area contributed by atoms with E-state index in [0.717, 1.165) is 5.56 Å². The summed E-state index contributed by atoms with van der Waals surface area (Å²) < 4.78 is 5.94. The standard InChI is InChI=1S/C17H15Cl2N3O/c1-11-10-23-16(13-3-2-4-14(18)6-13)9-22(11)17-15(19)5-12(7-20)8-21-17/h2-6,8,11,16H,9-10H2,1H3. The van der Waals surface area contributed by atoms with Gasteiger partial charge in [0.15, 0.2) is 0 Å². The van der Waals surface area contributed by atoms with Crippen molar-refractivity contribution in [3.8, 4) is 6.07 Å². The highest BCUT2D eigenvalue weighted by Crippen LogP contribution is 2.32. The van der Waals surface area contributed by atoms with Gasteiger partial charge in [0.05, 0.1) is 29.8 Å². The van der Waals surface area contributed by atoms with E-state index in [2.05, 4.69) is 16.8 Å². The molecule has 1 aliphatic heterocycles. The maximum Gasteiger partial charge on any atom is 0.147 e. The molecule has 0 aliphatic carbocycles. The molecule has 3 rings (SSSR count). The summed E-state index contributed by atoms with van der Waals surface area (Å²) in [5, 5.41) is 10.1. The minimum atomic E-state index is -0.0987. The summed E-state index contributed by atoms with van der Waals surface area (Å²) in [4.78, 5) is 6.47. The molecule has 2 heterocycles. The summed E-state index contributed by atoms with van der Waals surface area (Å²) in [6, 6.07) is 11.5. The molecule has 0 bridgehead atoms. The van der Waals surface area contributed by atoms with Crippen LogP contribution in [0.1, 0.15) is 24.2 Å². The molecule has 0 spiro atoms. The molecular formula is C17H15Cl2N3O. The Kier molecular flexibility index (Phi) is 4.72. The van der Waals surface area contributed by atoms with E-state index in [1.54, 1.807) is 6.07 Å². The van der Waals surface area contributed by atoms with Crippen molar-refractivity contribution in [1.29, 1.82) is 5.26 Å². The van der Waals surface area contributed by atoms with Crippen LogP contribution < -0.4 is 4.90 Å². The van der Waals surface area contributed by atoms with Crippen molar-refractivity contribution in [1.82, 2.24) is 4.98 Å². The Morgan fingerprint density at radius 2 is 2.17 bits per heavy atom.